The van der Waals surface area contributed by atoms with Gasteiger partial charge in [-0.15, -0.1) is 0 Å². The van der Waals surface area contributed by atoms with Crippen LogP contribution in [0.3, 0.4) is 0 Å². The fraction of sp³-hybridized carbons (Fsp3) is 0.556. The van der Waals surface area contributed by atoms with E-state index in [1.165, 1.54) is 6.07 Å². The molecule has 1 fully saturated rings. The second kappa shape index (κ2) is 5.06. The predicted molar refractivity (Wildman–Crippen MR) is 54.6 cm³/mol. The Balaban J connectivity index is 1.81. The van der Waals surface area contributed by atoms with Crippen molar-refractivity contribution in [3.05, 3.63) is 28.0 Å². The molecule has 7 nitrogen and oxygen atoms in total. The largest absolute Gasteiger partial charge is 0.433 e. The zero-order chi connectivity index (χ0) is 11.4. The van der Waals surface area contributed by atoms with E-state index in [0.29, 0.717) is 25.5 Å². The molecule has 0 bridgehead atoms. The highest BCUT2D eigenvalue weighted by molar-refractivity contribution is 5.17. The smallest absolute Gasteiger partial charge is 0.404 e. The van der Waals surface area contributed by atoms with Gasteiger partial charge in [-0.3, -0.25) is 10.1 Å². The van der Waals surface area contributed by atoms with Crippen LogP contribution in [0.25, 0.3) is 0 Å². The monoisotopic (exact) mass is 227 g/mol. The van der Waals surface area contributed by atoms with Crippen LogP contribution >= 0.6 is 0 Å². The average molecular weight is 227 g/mol. The van der Waals surface area contributed by atoms with E-state index in [2.05, 4.69) is 5.43 Å². The van der Waals surface area contributed by atoms with Gasteiger partial charge in [-0.1, -0.05) is 0 Å². The molecule has 0 saturated carbocycles. The van der Waals surface area contributed by atoms with Gasteiger partial charge in [0.05, 0.1) is 25.8 Å². The maximum absolute atomic E-state index is 10.4. The Morgan fingerprint density at radius 1 is 1.44 bits per heavy atom. The molecular weight excluding hydrogens is 214 g/mol. The third-order valence-corrected chi connectivity index (χ3v) is 2.32. The molecule has 0 spiro atoms. The molecule has 0 aliphatic carbocycles. The third kappa shape index (κ3) is 2.78. The lowest BCUT2D eigenvalue weighted by Crippen LogP contribution is -2.45. The van der Waals surface area contributed by atoms with Crippen molar-refractivity contribution in [3.8, 4) is 0 Å². The summed E-state index contributed by atoms with van der Waals surface area (Å²) in [5.74, 6) is 0.331. The van der Waals surface area contributed by atoms with Gasteiger partial charge < -0.3 is 9.15 Å². The first kappa shape index (κ1) is 11.1. The lowest BCUT2D eigenvalue weighted by Gasteiger charge is -2.26. The van der Waals surface area contributed by atoms with Gasteiger partial charge >= 0.3 is 5.88 Å². The SMILES string of the molecule is O=[N+]([O-])c1ccc(CNN2CCOCC2)o1. The predicted octanol–water partition coefficient (Wildman–Crippen LogP) is 0.525. The Morgan fingerprint density at radius 3 is 2.81 bits per heavy atom. The van der Waals surface area contributed by atoms with Crippen LogP contribution in [0.15, 0.2) is 16.5 Å². The van der Waals surface area contributed by atoms with E-state index in [1.807, 2.05) is 5.01 Å². The maximum Gasteiger partial charge on any atom is 0.433 e. The zero-order valence-electron chi connectivity index (χ0n) is 8.72. The Hall–Kier alpha value is -1.44. The van der Waals surface area contributed by atoms with Crippen LogP contribution in [0.4, 0.5) is 5.88 Å². The number of hydrazine groups is 1. The van der Waals surface area contributed by atoms with Crippen molar-refractivity contribution in [2.45, 2.75) is 6.54 Å². The minimum Gasteiger partial charge on any atom is -0.404 e. The summed E-state index contributed by atoms with van der Waals surface area (Å²) in [4.78, 5) is 9.84. The molecule has 0 aromatic carbocycles. The van der Waals surface area contributed by atoms with E-state index in [4.69, 9.17) is 9.15 Å². The highest BCUT2D eigenvalue weighted by Crippen LogP contribution is 2.15. The van der Waals surface area contributed by atoms with Crippen LogP contribution in [-0.2, 0) is 11.3 Å². The summed E-state index contributed by atoms with van der Waals surface area (Å²) in [7, 11) is 0. The summed E-state index contributed by atoms with van der Waals surface area (Å²) < 4.78 is 10.2. The fourth-order valence-electron chi connectivity index (χ4n) is 1.47. The number of nitrogens with one attached hydrogen (secondary N) is 1. The van der Waals surface area contributed by atoms with Crippen molar-refractivity contribution < 1.29 is 14.1 Å². The summed E-state index contributed by atoms with van der Waals surface area (Å²) in [6, 6.07) is 2.96. The van der Waals surface area contributed by atoms with Crippen molar-refractivity contribution in [3.63, 3.8) is 0 Å². The van der Waals surface area contributed by atoms with E-state index in [0.717, 1.165) is 13.1 Å². The molecule has 1 aromatic rings. The van der Waals surface area contributed by atoms with Crippen LogP contribution in [0.2, 0.25) is 0 Å². The molecule has 0 radical (unpaired) electrons. The molecular formula is C9H13N3O4. The number of furan rings is 1. The van der Waals surface area contributed by atoms with E-state index < -0.39 is 4.92 Å². The highest BCUT2D eigenvalue weighted by atomic mass is 16.6. The minimum atomic E-state index is -0.543. The van der Waals surface area contributed by atoms with Crippen molar-refractivity contribution >= 4 is 5.88 Å². The molecule has 1 N–H and O–H groups in total. The van der Waals surface area contributed by atoms with Gasteiger partial charge in [0.2, 0.25) is 0 Å². The summed E-state index contributed by atoms with van der Waals surface area (Å²) in [5, 5.41) is 12.4. The standard InChI is InChI=1S/C9H13N3O4/c13-12(14)9-2-1-8(16-9)7-10-11-3-5-15-6-4-11/h1-2,10H,3-7H2. The Bertz CT molecular complexity index is 359. The molecule has 0 atom stereocenters. The molecule has 16 heavy (non-hydrogen) atoms. The lowest BCUT2D eigenvalue weighted by molar-refractivity contribution is -0.402. The first-order chi connectivity index (χ1) is 7.75. The minimum absolute atomic E-state index is 0.223. The van der Waals surface area contributed by atoms with Crippen LogP contribution in [-0.4, -0.2) is 36.2 Å². The van der Waals surface area contributed by atoms with Crippen molar-refractivity contribution in [2.75, 3.05) is 26.3 Å². The molecule has 1 aromatic heterocycles. The number of ether oxygens (including phenoxy) is 1. The van der Waals surface area contributed by atoms with Gasteiger partial charge in [-0.25, -0.2) is 10.4 Å². The van der Waals surface area contributed by atoms with E-state index in [1.54, 1.807) is 6.07 Å². The first-order valence-electron chi connectivity index (χ1n) is 5.05. The van der Waals surface area contributed by atoms with E-state index in [9.17, 15) is 10.1 Å². The number of rotatable bonds is 4. The summed E-state index contributed by atoms with van der Waals surface area (Å²) >= 11 is 0. The van der Waals surface area contributed by atoms with Gasteiger partial charge in [0.1, 0.15) is 10.7 Å². The van der Waals surface area contributed by atoms with Gasteiger partial charge in [0.25, 0.3) is 0 Å². The van der Waals surface area contributed by atoms with Crippen molar-refractivity contribution in [1.82, 2.24) is 10.4 Å². The Labute approximate surface area is 92.1 Å². The van der Waals surface area contributed by atoms with Crippen molar-refractivity contribution in [1.29, 1.82) is 0 Å². The van der Waals surface area contributed by atoms with E-state index >= 15 is 0 Å². The molecule has 0 amide bonds. The zero-order valence-corrected chi connectivity index (χ0v) is 8.72. The van der Waals surface area contributed by atoms with Crippen LogP contribution in [0.5, 0.6) is 0 Å². The Kier molecular flexibility index (Phi) is 3.50. The highest BCUT2D eigenvalue weighted by Gasteiger charge is 2.13. The quantitative estimate of drug-likeness (QED) is 0.596. The van der Waals surface area contributed by atoms with Gasteiger partial charge in [-0.2, -0.15) is 0 Å². The van der Waals surface area contributed by atoms with Gasteiger partial charge in [0.15, 0.2) is 0 Å². The number of nitro groups is 1. The van der Waals surface area contributed by atoms with E-state index in [-0.39, 0.29) is 5.88 Å². The maximum atomic E-state index is 10.4. The van der Waals surface area contributed by atoms with Crippen molar-refractivity contribution in [2.24, 2.45) is 0 Å². The summed E-state index contributed by atoms with van der Waals surface area (Å²) in [6.45, 7) is 3.47. The molecule has 0 unspecified atom stereocenters. The lowest BCUT2D eigenvalue weighted by atomic mass is 10.4. The fourth-order valence-corrected chi connectivity index (χ4v) is 1.47. The number of hydrogen-bond acceptors (Lipinski definition) is 6. The Morgan fingerprint density at radius 2 is 2.19 bits per heavy atom. The van der Waals surface area contributed by atoms with Crippen LogP contribution < -0.4 is 5.43 Å². The number of morpholine rings is 1. The molecule has 88 valence electrons. The second-order valence-electron chi connectivity index (χ2n) is 3.43. The third-order valence-electron chi connectivity index (χ3n) is 2.32. The molecule has 2 rings (SSSR count). The number of hydrogen-bond donors (Lipinski definition) is 1. The van der Waals surface area contributed by atoms with Crippen LogP contribution in [0, 0.1) is 10.1 Å². The molecule has 1 aliphatic rings. The number of nitrogens with zero attached hydrogens (tertiary/aromatic N) is 2. The summed E-state index contributed by atoms with van der Waals surface area (Å²) in [6.07, 6.45) is 0. The molecule has 7 heteroatoms. The summed E-state index contributed by atoms with van der Waals surface area (Å²) in [5.41, 5.74) is 3.13. The molecule has 2 heterocycles. The van der Waals surface area contributed by atoms with Crippen LogP contribution in [0.1, 0.15) is 5.76 Å². The van der Waals surface area contributed by atoms with Gasteiger partial charge in [-0.05, 0) is 6.07 Å². The second-order valence-corrected chi connectivity index (χ2v) is 3.43. The van der Waals surface area contributed by atoms with Gasteiger partial charge in [0, 0.05) is 13.1 Å². The first-order valence-corrected chi connectivity index (χ1v) is 5.05. The molecule has 1 saturated heterocycles. The average Bonchev–Trinajstić information content (AvgIpc) is 2.76. The molecule has 1 aliphatic heterocycles. The normalized spacial score (nSPS) is 17.5. The topological polar surface area (TPSA) is 80.8 Å².